The third kappa shape index (κ3) is 3.29. The van der Waals surface area contributed by atoms with Crippen LogP contribution in [0.1, 0.15) is 16.8 Å². The highest BCUT2D eigenvalue weighted by molar-refractivity contribution is 7.93. The standard InChI is InChI=1S/C21H20N2O4S/c1-27-20-11-10-16(23-12-5-13-28(23,25)26)14-19(20)22-21(24)18-9-4-7-15-6-2-3-8-17(15)18/h2-4,6-11,14H,5,12-13H2,1H3,(H,22,24). The molecule has 28 heavy (non-hydrogen) atoms. The zero-order chi connectivity index (χ0) is 19.7. The first-order chi connectivity index (χ1) is 13.5. The smallest absolute Gasteiger partial charge is 0.256 e. The van der Waals surface area contributed by atoms with Gasteiger partial charge < -0.3 is 10.1 Å². The van der Waals surface area contributed by atoms with Gasteiger partial charge in [0.15, 0.2) is 0 Å². The van der Waals surface area contributed by atoms with Gasteiger partial charge in [0, 0.05) is 12.1 Å². The maximum absolute atomic E-state index is 13.0. The fourth-order valence-electron chi connectivity index (χ4n) is 3.49. The molecule has 144 valence electrons. The molecule has 1 saturated heterocycles. The van der Waals surface area contributed by atoms with Gasteiger partial charge in [-0.3, -0.25) is 9.10 Å². The van der Waals surface area contributed by atoms with E-state index in [0.717, 1.165) is 10.8 Å². The van der Waals surface area contributed by atoms with Gasteiger partial charge in [0.1, 0.15) is 5.75 Å². The predicted octanol–water partition coefficient (Wildman–Crippen LogP) is 3.64. The SMILES string of the molecule is COc1ccc(N2CCCS2(=O)=O)cc1NC(=O)c1cccc2ccccc12. The fourth-order valence-corrected chi connectivity index (χ4v) is 5.05. The zero-order valence-corrected chi connectivity index (χ0v) is 16.2. The van der Waals surface area contributed by atoms with Crippen molar-refractivity contribution in [1.82, 2.24) is 0 Å². The van der Waals surface area contributed by atoms with Gasteiger partial charge in [-0.25, -0.2) is 8.42 Å². The van der Waals surface area contributed by atoms with Crippen LogP contribution < -0.4 is 14.4 Å². The monoisotopic (exact) mass is 396 g/mol. The Balaban J connectivity index is 1.70. The van der Waals surface area contributed by atoms with E-state index < -0.39 is 10.0 Å². The van der Waals surface area contributed by atoms with Crippen molar-refractivity contribution >= 4 is 38.1 Å². The highest BCUT2D eigenvalue weighted by atomic mass is 32.2. The van der Waals surface area contributed by atoms with Crippen LogP contribution in [0.4, 0.5) is 11.4 Å². The summed E-state index contributed by atoms with van der Waals surface area (Å²) in [6, 6.07) is 18.2. The number of benzene rings is 3. The minimum Gasteiger partial charge on any atom is -0.495 e. The van der Waals surface area contributed by atoms with Gasteiger partial charge in [-0.2, -0.15) is 0 Å². The molecule has 4 rings (SSSR count). The molecule has 3 aromatic rings. The summed E-state index contributed by atoms with van der Waals surface area (Å²) in [4.78, 5) is 13.0. The molecule has 1 aliphatic heterocycles. The number of carbonyl (C=O) groups excluding carboxylic acids is 1. The topological polar surface area (TPSA) is 75.7 Å². The number of nitrogens with one attached hydrogen (secondary N) is 1. The molecule has 1 amide bonds. The molecule has 1 aliphatic rings. The molecule has 1 fully saturated rings. The highest BCUT2D eigenvalue weighted by Crippen LogP contribution is 2.33. The normalized spacial score (nSPS) is 15.5. The molecule has 6 nitrogen and oxygen atoms in total. The van der Waals surface area contributed by atoms with Crippen LogP contribution in [-0.4, -0.2) is 33.7 Å². The minimum atomic E-state index is -3.31. The van der Waals surface area contributed by atoms with Crippen molar-refractivity contribution in [2.24, 2.45) is 0 Å². The van der Waals surface area contributed by atoms with Gasteiger partial charge >= 0.3 is 0 Å². The summed E-state index contributed by atoms with van der Waals surface area (Å²) >= 11 is 0. The number of carbonyl (C=O) groups is 1. The van der Waals surface area contributed by atoms with E-state index in [9.17, 15) is 13.2 Å². The van der Waals surface area contributed by atoms with Crippen LogP contribution >= 0.6 is 0 Å². The number of fused-ring (bicyclic) bond motifs is 1. The summed E-state index contributed by atoms with van der Waals surface area (Å²) in [6.07, 6.45) is 0.589. The number of nitrogens with zero attached hydrogens (tertiary/aromatic N) is 1. The van der Waals surface area contributed by atoms with Gasteiger partial charge in [0.05, 0.1) is 24.2 Å². The Morgan fingerprint density at radius 1 is 1.07 bits per heavy atom. The Hall–Kier alpha value is -3.06. The Morgan fingerprint density at radius 3 is 2.61 bits per heavy atom. The number of amides is 1. The number of sulfonamides is 1. The first-order valence-electron chi connectivity index (χ1n) is 8.97. The van der Waals surface area contributed by atoms with Crippen LogP contribution in [0.15, 0.2) is 60.7 Å². The molecule has 0 atom stereocenters. The average molecular weight is 396 g/mol. The van der Waals surface area contributed by atoms with Crippen molar-refractivity contribution in [3.8, 4) is 5.75 Å². The summed E-state index contributed by atoms with van der Waals surface area (Å²) < 4.78 is 31.2. The Morgan fingerprint density at radius 2 is 1.86 bits per heavy atom. The summed E-state index contributed by atoms with van der Waals surface area (Å²) in [7, 11) is -1.80. The third-order valence-electron chi connectivity index (χ3n) is 4.85. The molecular weight excluding hydrogens is 376 g/mol. The number of rotatable bonds is 4. The van der Waals surface area contributed by atoms with Crippen molar-refractivity contribution in [2.75, 3.05) is 29.0 Å². The molecule has 0 unspecified atom stereocenters. The van der Waals surface area contributed by atoms with Crippen LogP contribution in [-0.2, 0) is 10.0 Å². The van der Waals surface area contributed by atoms with Crippen molar-refractivity contribution < 1.29 is 17.9 Å². The zero-order valence-electron chi connectivity index (χ0n) is 15.4. The first-order valence-corrected chi connectivity index (χ1v) is 10.6. The molecule has 3 aromatic carbocycles. The molecule has 7 heteroatoms. The lowest BCUT2D eigenvalue weighted by Crippen LogP contribution is -2.25. The van der Waals surface area contributed by atoms with Gasteiger partial charge in [-0.05, 0) is 41.5 Å². The lowest BCUT2D eigenvalue weighted by atomic mass is 10.0. The minimum absolute atomic E-state index is 0.136. The number of hydrogen-bond acceptors (Lipinski definition) is 4. The molecule has 0 aliphatic carbocycles. The second-order valence-corrected chi connectivity index (χ2v) is 8.62. The first kappa shape index (κ1) is 18.3. The molecule has 0 bridgehead atoms. The molecule has 1 N–H and O–H groups in total. The van der Waals surface area contributed by atoms with Crippen LogP contribution in [0.5, 0.6) is 5.75 Å². The van der Waals surface area contributed by atoms with Crippen molar-refractivity contribution in [2.45, 2.75) is 6.42 Å². The Labute approximate surface area is 163 Å². The van der Waals surface area contributed by atoms with Crippen LogP contribution in [0.3, 0.4) is 0 Å². The van der Waals surface area contributed by atoms with E-state index in [4.69, 9.17) is 4.74 Å². The largest absolute Gasteiger partial charge is 0.495 e. The summed E-state index contributed by atoms with van der Waals surface area (Å²) in [5, 5.41) is 4.69. The average Bonchev–Trinajstić information content (AvgIpc) is 3.06. The summed E-state index contributed by atoms with van der Waals surface area (Å²) in [5.41, 5.74) is 1.49. The summed E-state index contributed by atoms with van der Waals surface area (Å²) in [5.74, 6) is 0.321. The Bertz CT molecular complexity index is 1150. The van der Waals surface area contributed by atoms with E-state index in [1.807, 2.05) is 36.4 Å². The number of anilines is 2. The van der Waals surface area contributed by atoms with Crippen LogP contribution in [0.25, 0.3) is 10.8 Å². The summed E-state index contributed by atoms with van der Waals surface area (Å²) in [6.45, 7) is 0.436. The van der Waals surface area contributed by atoms with Gasteiger partial charge in [-0.15, -0.1) is 0 Å². The van der Waals surface area contributed by atoms with E-state index in [0.29, 0.717) is 35.7 Å². The van der Waals surface area contributed by atoms with Crippen LogP contribution in [0, 0.1) is 0 Å². The lowest BCUT2D eigenvalue weighted by molar-refractivity contribution is 0.102. The second kappa shape index (κ2) is 7.16. The number of ether oxygens (including phenoxy) is 1. The number of hydrogen-bond donors (Lipinski definition) is 1. The van der Waals surface area contributed by atoms with E-state index in [-0.39, 0.29) is 11.7 Å². The molecular formula is C21H20N2O4S. The maximum atomic E-state index is 13.0. The molecule has 0 radical (unpaired) electrons. The fraction of sp³-hybridized carbons (Fsp3) is 0.190. The van der Waals surface area contributed by atoms with Gasteiger partial charge in [-0.1, -0.05) is 36.4 Å². The quantitative estimate of drug-likeness (QED) is 0.731. The van der Waals surface area contributed by atoms with Crippen molar-refractivity contribution in [3.63, 3.8) is 0 Å². The number of methoxy groups -OCH3 is 1. The van der Waals surface area contributed by atoms with Gasteiger partial charge in [0.25, 0.3) is 5.91 Å². The van der Waals surface area contributed by atoms with Crippen molar-refractivity contribution in [1.29, 1.82) is 0 Å². The van der Waals surface area contributed by atoms with E-state index in [1.165, 1.54) is 11.4 Å². The molecule has 1 heterocycles. The van der Waals surface area contributed by atoms with E-state index >= 15 is 0 Å². The Kier molecular flexibility index (Phi) is 4.68. The van der Waals surface area contributed by atoms with Crippen LogP contribution in [0.2, 0.25) is 0 Å². The lowest BCUT2D eigenvalue weighted by Gasteiger charge is -2.19. The molecule has 0 spiro atoms. The second-order valence-electron chi connectivity index (χ2n) is 6.61. The van der Waals surface area contributed by atoms with E-state index in [2.05, 4.69) is 5.32 Å². The van der Waals surface area contributed by atoms with E-state index in [1.54, 1.807) is 24.3 Å². The molecule has 0 saturated carbocycles. The van der Waals surface area contributed by atoms with Crippen molar-refractivity contribution in [3.05, 3.63) is 66.2 Å². The molecule has 0 aromatic heterocycles. The van der Waals surface area contributed by atoms with Gasteiger partial charge in [0.2, 0.25) is 10.0 Å². The maximum Gasteiger partial charge on any atom is 0.256 e. The third-order valence-corrected chi connectivity index (χ3v) is 6.72. The highest BCUT2D eigenvalue weighted by Gasteiger charge is 2.29. The predicted molar refractivity (Wildman–Crippen MR) is 111 cm³/mol.